The molecule has 0 unspecified atom stereocenters. The maximum Gasteiger partial charge on any atom is 0.405 e. The molecule has 0 spiro atoms. The maximum atomic E-state index is 11.9. The molecule has 0 atom stereocenters. The van der Waals surface area contributed by atoms with Crippen LogP contribution in [0, 0.1) is 17.0 Å². The zero-order valence-electron chi connectivity index (χ0n) is 9.94. The molecule has 0 aromatic rings. The van der Waals surface area contributed by atoms with E-state index < -0.39 is 13.2 Å². The average molecular weight is 248 g/mol. The first kappa shape index (κ1) is 13.7. The summed E-state index contributed by atoms with van der Waals surface area (Å²) in [5.41, 5.74) is 1.16. The third kappa shape index (κ3) is 3.89. The van der Waals surface area contributed by atoms with Crippen molar-refractivity contribution in [3.8, 4) is 11.6 Å². The van der Waals surface area contributed by atoms with Gasteiger partial charge in [-0.05, 0) is 13.8 Å². The number of rotatable bonds is 1. The predicted octanol–water partition coefficient (Wildman–Crippen LogP) is 2.48. The van der Waals surface area contributed by atoms with Crippen molar-refractivity contribution in [3.05, 3.63) is 0 Å². The molecule has 0 amide bonds. The van der Waals surface area contributed by atoms with Crippen molar-refractivity contribution < 1.29 is 23.8 Å². The third-order valence-corrected chi connectivity index (χ3v) is 3.30. The van der Waals surface area contributed by atoms with Gasteiger partial charge in [0.25, 0.3) is 0 Å². The minimum absolute atomic E-state index is 0.154. The Hall–Kier alpha value is -0.370. The Labute approximate surface area is 95.5 Å². The Balaban J connectivity index is 2.72. The van der Waals surface area contributed by atoms with Gasteiger partial charge in [-0.2, -0.15) is 0 Å². The molecule has 0 bridgehead atoms. The minimum Gasteiger partial charge on any atom is -0.299 e. The van der Waals surface area contributed by atoms with E-state index in [2.05, 4.69) is 16.5 Å². The molecule has 1 N–H and O–H groups in total. The zero-order chi connectivity index (χ0) is 12.4. The fraction of sp³-hybridized carbons (Fsp3) is 0.800. The van der Waals surface area contributed by atoms with Crippen LogP contribution in [0.25, 0.3) is 0 Å². The van der Waals surface area contributed by atoms with Crippen molar-refractivity contribution in [1.29, 1.82) is 0 Å². The fourth-order valence-electron chi connectivity index (χ4n) is 0.889. The fourth-order valence-corrected chi connectivity index (χ4v) is 2.54. The standard InChI is InChI=1S/C10H17O5P/c1-9(2)7-13-16(12,14-8-9)6-5-10(3,4)15-11/h11H,7-8H2,1-4H3. The Morgan fingerprint density at radius 2 is 1.88 bits per heavy atom. The first-order valence-corrected chi connectivity index (χ1v) is 6.49. The Bertz CT molecular complexity index is 349. The second-order valence-electron chi connectivity index (χ2n) is 5.05. The van der Waals surface area contributed by atoms with Gasteiger partial charge in [-0.3, -0.25) is 14.3 Å². The highest BCUT2D eigenvalue weighted by Gasteiger charge is 2.35. The molecule has 0 radical (unpaired) electrons. The van der Waals surface area contributed by atoms with E-state index in [-0.39, 0.29) is 5.41 Å². The smallest absolute Gasteiger partial charge is 0.299 e. The van der Waals surface area contributed by atoms with Gasteiger partial charge in [0.2, 0.25) is 0 Å². The highest BCUT2D eigenvalue weighted by Crippen LogP contribution is 2.52. The van der Waals surface area contributed by atoms with Gasteiger partial charge < -0.3 is 0 Å². The van der Waals surface area contributed by atoms with Gasteiger partial charge in [0, 0.05) is 11.1 Å². The van der Waals surface area contributed by atoms with E-state index in [1.54, 1.807) is 13.8 Å². The second-order valence-corrected chi connectivity index (χ2v) is 6.78. The van der Waals surface area contributed by atoms with E-state index in [9.17, 15) is 4.57 Å². The SMILES string of the molecule is CC1(C)COP(=O)(C#CC(C)(C)OO)OC1. The van der Waals surface area contributed by atoms with Gasteiger partial charge in [-0.25, -0.2) is 9.45 Å². The Kier molecular flexibility index (Phi) is 3.83. The Morgan fingerprint density at radius 3 is 2.31 bits per heavy atom. The molecule has 1 fully saturated rings. The average Bonchev–Trinajstić information content (AvgIpc) is 2.21. The summed E-state index contributed by atoms with van der Waals surface area (Å²) in [6.07, 6.45) is 0. The van der Waals surface area contributed by atoms with Crippen LogP contribution >= 0.6 is 7.60 Å². The monoisotopic (exact) mass is 248 g/mol. The molecule has 92 valence electrons. The number of hydrogen-bond acceptors (Lipinski definition) is 5. The normalized spacial score (nSPS) is 23.3. The molecular weight excluding hydrogens is 231 g/mol. The minimum atomic E-state index is -3.36. The summed E-state index contributed by atoms with van der Waals surface area (Å²) in [5, 5.41) is 8.52. The molecule has 0 aromatic heterocycles. The molecular formula is C10H17O5P. The van der Waals surface area contributed by atoms with Crippen LogP contribution < -0.4 is 0 Å². The Morgan fingerprint density at radius 1 is 1.38 bits per heavy atom. The second kappa shape index (κ2) is 4.48. The molecule has 0 aromatic carbocycles. The molecule has 1 rings (SSSR count). The van der Waals surface area contributed by atoms with Gasteiger partial charge in [-0.1, -0.05) is 19.8 Å². The molecule has 0 saturated carbocycles. The third-order valence-electron chi connectivity index (χ3n) is 1.97. The summed E-state index contributed by atoms with van der Waals surface area (Å²) in [6.45, 7) is 7.65. The lowest BCUT2D eigenvalue weighted by Crippen LogP contribution is -2.29. The van der Waals surface area contributed by atoms with Gasteiger partial charge in [0.15, 0.2) is 5.60 Å². The van der Waals surface area contributed by atoms with Crippen molar-refractivity contribution in [2.24, 2.45) is 5.41 Å². The predicted molar refractivity (Wildman–Crippen MR) is 58.9 cm³/mol. The summed E-state index contributed by atoms with van der Waals surface area (Å²) in [4.78, 5) is 4.11. The van der Waals surface area contributed by atoms with Crippen LogP contribution in [0.1, 0.15) is 27.7 Å². The van der Waals surface area contributed by atoms with Gasteiger partial charge >= 0.3 is 7.60 Å². The lowest BCUT2D eigenvalue weighted by molar-refractivity contribution is -0.293. The molecule has 1 aliphatic rings. The molecule has 1 aliphatic heterocycles. The highest BCUT2D eigenvalue weighted by molar-refractivity contribution is 7.59. The largest absolute Gasteiger partial charge is 0.405 e. The quantitative estimate of drug-likeness (QED) is 0.334. The molecule has 16 heavy (non-hydrogen) atoms. The van der Waals surface area contributed by atoms with Crippen LogP contribution in [0.2, 0.25) is 0 Å². The summed E-state index contributed by atoms with van der Waals surface area (Å²) < 4.78 is 22.2. The lowest BCUT2D eigenvalue weighted by atomic mass is 9.97. The van der Waals surface area contributed by atoms with E-state index in [1.165, 1.54) is 0 Å². The van der Waals surface area contributed by atoms with Gasteiger partial charge in [0.05, 0.1) is 13.2 Å². The topological polar surface area (TPSA) is 65.0 Å². The van der Waals surface area contributed by atoms with Crippen molar-refractivity contribution >= 4 is 7.60 Å². The van der Waals surface area contributed by atoms with E-state index in [0.717, 1.165) is 0 Å². The van der Waals surface area contributed by atoms with Crippen molar-refractivity contribution in [2.45, 2.75) is 33.3 Å². The van der Waals surface area contributed by atoms with Crippen molar-refractivity contribution in [2.75, 3.05) is 13.2 Å². The van der Waals surface area contributed by atoms with Crippen molar-refractivity contribution in [1.82, 2.24) is 0 Å². The summed E-state index contributed by atoms with van der Waals surface area (Å²) in [5.74, 6) is 2.51. The van der Waals surface area contributed by atoms with E-state index in [0.29, 0.717) is 13.2 Å². The van der Waals surface area contributed by atoms with Crippen LogP contribution in [0.4, 0.5) is 0 Å². The molecule has 0 aliphatic carbocycles. The van der Waals surface area contributed by atoms with Gasteiger partial charge in [0.1, 0.15) is 0 Å². The van der Waals surface area contributed by atoms with Crippen LogP contribution in [0.15, 0.2) is 0 Å². The van der Waals surface area contributed by atoms with E-state index in [1.807, 2.05) is 13.8 Å². The molecule has 1 heterocycles. The first-order valence-electron chi connectivity index (χ1n) is 4.94. The summed E-state index contributed by atoms with van der Waals surface area (Å²) >= 11 is 0. The zero-order valence-corrected chi connectivity index (χ0v) is 10.8. The molecule has 5 nitrogen and oxygen atoms in total. The lowest BCUT2D eigenvalue weighted by Gasteiger charge is -2.31. The highest BCUT2D eigenvalue weighted by atomic mass is 31.2. The van der Waals surface area contributed by atoms with Crippen LogP contribution in [0.3, 0.4) is 0 Å². The summed E-state index contributed by atoms with van der Waals surface area (Å²) in [7, 11) is -3.36. The summed E-state index contributed by atoms with van der Waals surface area (Å²) in [6, 6.07) is 0. The van der Waals surface area contributed by atoms with Crippen molar-refractivity contribution in [3.63, 3.8) is 0 Å². The van der Waals surface area contributed by atoms with Gasteiger partial charge in [-0.15, -0.1) is 0 Å². The van der Waals surface area contributed by atoms with Crippen LogP contribution in [-0.4, -0.2) is 24.1 Å². The van der Waals surface area contributed by atoms with Crippen LogP contribution in [-0.2, 0) is 18.5 Å². The van der Waals surface area contributed by atoms with Crippen LogP contribution in [0.5, 0.6) is 0 Å². The first-order chi connectivity index (χ1) is 7.18. The maximum absolute atomic E-state index is 11.9. The van der Waals surface area contributed by atoms with E-state index >= 15 is 0 Å². The molecule has 6 heteroatoms. The number of hydrogen-bond donors (Lipinski definition) is 1. The molecule has 1 saturated heterocycles. The van der Waals surface area contributed by atoms with E-state index in [4.69, 9.17) is 14.3 Å².